The van der Waals surface area contributed by atoms with E-state index >= 15 is 0 Å². The topological polar surface area (TPSA) is 42.4 Å². The van der Waals surface area contributed by atoms with Crippen molar-refractivity contribution in [3.05, 3.63) is 139 Å². The summed E-state index contributed by atoms with van der Waals surface area (Å²) in [5, 5.41) is 4.38. The van der Waals surface area contributed by atoms with E-state index in [-0.39, 0.29) is 5.92 Å². The highest BCUT2D eigenvalue weighted by molar-refractivity contribution is 6.06. The van der Waals surface area contributed by atoms with Crippen LogP contribution < -0.4 is 4.90 Å². The molecular weight excluding hydrogens is 480 g/mol. The molecule has 7 aromatic rings. The second kappa shape index (κ2) is 8.74. The van der Waals surface area contributed by atoms with Gasteiger partial charge in [0.05, 0.1) is 5.69 Å². The van der Waals surface area contributed by atoms with Gasteiger partial charge in [0.15, 0.2) is 5.58 Å². The molecule has 0 amide bonds. The summed E-state index contributed by atoms with van der Waals surface area (Å²) in [6.07, 6.45) is 7.65. The maximum Gasteiger partial charge on any atom is 0.307 e. The minimum Gasteiger partial charge on any atom is -0.456 e. The van der Waals surface area contributed by atoms with Crippen molar-refractivity contribution in [3.63, 3.8) is 0 Å². The zero-order valence-electron chi connectivity index (χ0n) is 21.1. The smallest absolute Gasteiger partial charge is 0.307 e. The summed E-state index contributed by atoms with van der Waals surface area (Å²) in [5.41, 5.74) is 6.57. The lowest BCUT2D eigenvalue weighted by Gasteiger charge is -2.26. The lowest BCUT2D eigenvalue weighted by molar-refractivity contribution is 0.606. The van der Waals surface area contributed by atoms with Crippen LogP contribution in [0, 0.1) is 0 Å². The van der Waals surface area contributed by atoms with Gasteiger partial charge in [0, 0.05) is 33.8 Å². The Bertz CT molecular complexity index is 2060. The van der Waals surface area contributed by atoms with E-state index in [0.717, 1.165) is 61.6 Å². The van der Waals surface area contributed by atoms with E-state index in [9.17, 15) is 0 Å². The van der Waals surface area contributed by atoms with Gasteiger partial charge in [-0.05, 0) is 47.7 Å². The third kappa shape index (κ3) is 3.64. The number of allylic oxidation sites excluding steroid dienone is 3. The van der Waals surface area contributed by atoms with Crippen LogP contribution in [0.25, 0.3) is 43.8 Å². The molecule has 0 N–H and O–H groups in total. The molecule has 39 heavy (non-hydrogen) atoms. The van der Waals surface area contributed by atoms with E-state index in [4.69, 9.17) is 13.8 Å². The third-order valence-electron chi connectivity index (χ3n) is 7.62. The molecule has 4 heteroatoms. The van der Waals surface area contributed by atoms with Gasteiger partial charge in [-0.2, -0.15) is 4.98 Å². The van der Waals surface area contributed by atoms with Crippen LogP contribution in [0.4, 0.5) is 11.7 Å². The minimum atomic E-state index is 0.258. The highest BCUT2D eigenvalue weighted by Gasteiger charge is 2.24. The molecule has 8 rings (SSSR count). The zero-order chi connectivity index (χ0) is 25.8. The van der Waals surface area contributed by atoms with Crippen LogP contribution in [0.5, 0.6) is 0 Å². The number of nitrogens with zero attached hydrogens (tertiary/aromatic N) is 2. The molecule has 2 aromatic heterocycles. The molecular formula is C35H24N2O2. The minimum absolute atomic E-state index is 0.258. The largest absolute Gasteiger partial charge is 0.456 e. The van der Waals surface area contributed by atoms with E-state index < -0.39 is 0 Å². The first kappa shape index (κ1) is 21.9. The first-order valence-electron chi connectivity index (χ1n) is 13.2. The molecule has 5 aromatic carbocycles. The van der Waals surface area contributed by atoms with Gasteiger partial charge in [-0.15, -0.1) is 0 Å². The summed E-state index contributed by atoms with van der Waals surface area (Å²) in [6, 6.07) is 38.0. The normalized spacial score (nSPS) is 15.4. The van der Waals surface area contributed by atoms with Crippen molar-refractivity contribution in [1.82, 2.24) is 4.98 Å². The van der Waals surface area contributed by atoms with E-state index in [2.05, 4.69) is 95.9 Å². The lowest BCUT2D eigenvalue weighted by atomic mass is 9.91. The monoisotopic (exact) mass is 504 g/mol. The van der Waals surface area contributed by atoms with Crippen LogP contribution in [0.15, 0.2) is 142 Å². The number of para-hydroxylation sites is 1. The van der Waals surface area contributed by atoms with Gasteiger partial charge < -0.3 is 8.83 Å². The maximum atomic E-state index is 6.57. The number of anilines is 2. The van der Waals surface area contributed by atoms with Gasteiger partial charge >= 0.3 is 6.01 Å². The Balaban J connectivity index is 1.33. The summed E-state index contributed by atoms with van der Waals surface area (Å²) >= 11 is 0. The number of hydrogen-bond acceptors (Lipinski definition) is 4. The first-order chi connectivity index (χ1) is 19.3. The Morgan fingerprint density at radius 2 is 1.49 bits per heavy atom. The summed E-state index contributed by atoms with van der Waals surface area (Å²) in [6.45, 7) is 0. The summed E-state index contributed by atoms with van der Waals surface area (Å²) < 4.78 is 12.8. The van der Waals surface area contributed by atoms with Gasteiger partial charge in [-0.3, -0.25) is 4.90 Å². The second-order valence-corrected chi connectivity index (χ2v) is 9.99. The van der Waals surface area contributed by atoms with Crippen molar-refractivity contribution >= 4 is 55.5 Å². The van der Waals surface area contributed by atoms with Gasteiger partial charge in [-0.1, -0.05) is 91.0 Å². The third-order valence-corrected chi connectivity index (χ3v) is 7.62. The summed E-state index contributed by atoms with van der Waals surface area (Å²) in [7, 11) is 0. The molecule has 0 radical (unpaired) electrons. The molecule has 0 spiro atoms. The van der Waals surface area contributed by atoms with Crippen LogP contribution in [0.3, 0.4) is 0 Å². The van der Waals surface area contributed by atoms with Gasteiger partial charge in [0.25, 0.3) is 0 Å². The molecule has 0 fully saturated rings. The van der Waals surface area contributed by atoms with Crippen LogP contribution >= 0.6 is 0 Å². The van der Waals surface area contributed by atoms with E-state index in [1.165, 1.54) is 5.56 Å². The molecule has 1 aliphatic rings. The Hall–Kier alpha value is -5.09. The van der Waals surface area contributed by atoms with E-state index in [0.29, 0.717) is 6.01 Å². The van der Waals surface area contributed by atoms with Crippen molar-refractivity contribution < 1.29 is 8.83 Å². The molecule has 0 saturated heterocycles. The van der Waals surface area contributed by atoms with Crippen LogP contribution in [0.2, 0.25) is 0 Å². The molecule has 186 valence electrons. The predicted molar refractivity (Wildman–Crippen MR) is 158 cm³/mol. The van der Waals surface area contributed by atoms with Crippen molar-refractivity contribution in [2.24, 2.45) is 0 Å². The zero-order valence-corrected chi connectivity index (χ0v) is 21.1. The lowest BCUT2D eigenvalue weighted by Crippen LogP contribution is -2.18. The SMILES string of the molecule is C1=CC(N(c2ccc3c(c2)oc2ccccc23)c2nc3ccc4ccccc4c3o2)=CC(c2ccccc2)C1. The highest BCUT2D eigenvalue weighted by Crippen LogP contribution is 2.40. The fraction of sp³-hybridized carbons (Fsp3) is 0.0571. The number of aromatic nitrogens is 1. The van der Waals surface area contributed by atoms with Gasteiger partial charge in [-0.25, -0.2) is 0 Å². The average molecular weight is 505 g/mol. The Morgan fingerprint density at radius 1 is 0.692 bits per heavy atom. The Labute approximate surface area is 225 Å². The highest BCUT2D eigenvalue weighted by atomic mass is 16.4. The molecule has 0 bridgehead atoms. The fourth-order valence-corrected chi connectivity index (χ4v) is 5.71. The summed E-state index contributed by atoms with van der Waals surface area (Å²) in [5.74, 6) is 0.258. The molecule has 0 aliphatic heterocycles. The number of furan rings is 1. The van der Waals surface area contributed by atoms with Crippen molar-refractivity contribution in [2.75, 3.05) is 4.90 Å². The first-order valence-corrected chi connectivity index (χ1v) is 13.2. The number of hydrogen-bond donors (Lipinski definition) is 0. The summed E-state index contributed by atoms with van der Waals surface area (Å²) in [4.78, 5) is 7.09. The van der Waals surface area contributed by atoms with Crippen molar-refractivity contribution in [1.29, 1.82) is 0 Å². The molecule has 1 unspecified atom stereocenters. The van der Waals surface area contributed by atoms with Crippen LogP contribution in [-0.4, -0.2) is 4.98 Å². The Kier molecular flexibility index (Phi) is 4.92. The fourth-order valence-electron chi connectivity index (χ4n) is 5.71. The van der Waals surface area contributed by atoms with Crippen LogP contribution in [0.1, 0.15) is 17.9 Å². The molecule has 2 heterocycles. The number of rotatable bonds is 4. The van der Waals surface area contributed by atoms with Gasteiger partial charge in [0.2, 0.25) is 0 Å². The molecule has 0 saturated carbocycles. The van der Waals surface area contributed by atoms with E-state index in [1.54, 1.807) is 0 Å². The second-order valence-electron chi connectivity index (χ2n) is 9.99. The predicted octanol–water partition coefficient (Wildman–Crippen LogP) is 9.65. The number of benzene rings is 5. The van der Waals surface area contributed by atoms with Crippen LogP contribution in [-0.2, 0) is 0 Å². The van der Waals surface area contributed by atoms with Gasteiger partial charge in [0.1, 0.15) is 16.7 Å². The van der Waals surface area contributed by atoms with Crippen molar-refractivity contribution in [2.45, 2.75) is 12.3 Å². The average Bonchev–Trinajstić information content (AvgIpc) is 3.59. The number of fused-ring (bicyclic) bond motifs is 6. The number of oxazole rings is 1. The molecule has 1 atom stereocenters. The van der Waals surface area contributed by atoms with Crippen molar-refractivity contribution in [3.8, 4) is 0 Å². The quantitative estimate of drug-likeness (QED) is 0.239. The van der Waals surface area contributed by atoms with E-state index in [1.807, 2.05) is 36.4 Å². The standard InChI is InChI=1S/C35H24N2O2/c1-2-9-23(10-3-1)25-12-8-13-26(21-25)37(27-18-19-30-29-15-6-7-16-32(29)38-33(30)22-27)35-36-31-20-17-24-11-4-5-14-28(24)34(31)39-35/h1-11,13-22,25H,12H2. The molecule has 4 nitrogen and oxygen atoms in total. The Morgan fingerprint density at radius 3 is 2.41 bits per heavy atom. The molecule has 1 aliphatic carbocycles. The maximum absolute atomic E-state index is 6.57.